The zero-order valence-corrected chi connectivity index (χ0v) is 12.8. The molecule has 0 aromatic heterocycles. The van der Waals surface area contributed by atoms with Gasteiger partial charge in [-0.15, -0.1) is 0 Å². The van der Waals surface area contributed by atoms with Crippen LogP contribution in [0.4, 0.5) is 5.69 Å². The summed E-state index contributed by atoms with van der Waals surface area (Å²) in [4.78, 5) is 4.69. The second-order valence-corrected chi connectivity index (χ2v) is 5.53. The molecule has 0 spiro atoms. The Kier molecular flexibility index (Phi) is 4.97. The molecule has 1 aromatic rings. The Morgan fingerprint density at radius 1 is 1.16 bits per heavy atom. The van der Waals surface area contributed by atoms with Crippen LogP contribution >= 0.6 is 23.2 Å². The third kappa shape index (κ3) is 3.78. The van der Waals surface area contributed by atoms with Crippen molar-refractivity contribution < 1.29 is 0 Å². The number of anilines is 1. The average Bonchev–Trinajstić information content (AvgIpc) is 2.41. The number of halogens is 2. The smallest absolute Gasteiger partial charge is 0.101 e. The molecule has 1 heterocycles. The SMILES string of the molecule is C/C=C(\Nc1ccc(Cl)c(Cl)c1)N1CCN(C)CC1. The first-order valence-corrected chi connectivity index (χ1v) is 7.17. The number of piperazine rings is 1. The van der Waals surface area contributed by atoms with Gasteiger partial charge in [-0.25, -0.2) is 0 Å². The molecule has 5 heteroatoms. The maximum Gasteiger partial charge on any atom is 0.101 e. The fourth-order valence-electron chi connectivity index (χ4n) is 2.10. The van der Waals surface area contributed by atoms with Gasteiger partial charge in [0.2, 0.25) is 0 Å². The van der Waals surface area contributed by atoms with Gasteiger partial charge < -0.3 is 15.1 Å². The van der Waals surface area contributed by atoms with Crippen LogP contribution in [0.2, 0.25) is 10.0 Å². The van der Waals surface area contributed by atoms with Crippen molar-refractivity contribution in [3.05, 3.63) is 40.1 Å². The topological polar surface area (TPSA) is 18.5 Å². The quantitative estimate of drug-likeness (QED) is 0.921. The van der Waals surface area contributed by atoms with Crippen molar-refractivity contribution in [3.63, 3.8) is 0 Å². The number of allylic oxidation sites excluding steroid dienone is 1. The molecule has 0 atom stereocenters. The van der Waals surface area contributed by atoms with Gasteiger partial charge >= 0.3 is 0 Å². The van der Waals surface area contributed by atoms with Crippen LogP contribution in [0, 0.1) is 0 Å². The Hall–Kier alpha value is -0.900. The van der Waals surface area contributed by atoms with Gasteiger partial charge in [0.25, 0.3) is 0 Å². The summed E-state index contributed by atoms with van der Waals surface area (Å²) in [6.07, 6.45) is 2.09. The molecule has 1 saturated heterocycles. The normalized spacial score (nSPS) is 17.7. The second-order valence-electron chi connectivity index (χ2n) is 4.72. The molecule has 2 rings (SSSR count). The van der Waals surface area contributed by atoms with Crippen molar-refractivity contribution in [2.24, 2.45) is 0 Å². The predicted octanol–water partition coefficient (Wildman–Crippen LogP) is 3.51. The van der Waals surface area contributed by atoms with Gasteiger partial charge in [0.1, 0.15) is 5.82 Å². The van der Waals surface area contributed by atoms with Gasteiger partial charge in [-0.05, 0) is 38.2 Å². The van der Waals surface area contributed by atoms with Gasteiger partial charge in [-0.2, -0.15) is 0 Å². The fourth-order valence-corrected chi connectivity index (χ4v) is 2.40. The first-order chi connectivity index (χ1) is 9.10. The zero-order chi connectivity index (χ0) is 13.8. The summed E-state index contributed by atoms with van der Waals surface area (Å²) in [5.74, 6) is 1.12. The standard InChI is InChI=1S/C14H19Cl2N3/c1-3-14(19-8-6-18(2)7-9-19)17-11-4-5-12(15)13(16)10-11/h3-5,10,17H,6-9H2,1-2H3/b14-3+. The van der Waals surface area contributed by atoms with E-state index >= 15 is 0 Å². The molecule has 1 N–H and O–H groups in total. The maximum absolute atomic E-state index is 6.03. The van der Waals surface area contributed by atoms with Gasteiger partial charge in [0.05, 0.1) is 10.0 Å². The summed E-state index contributed by atoms with van der Waals surface area (Å²) in [6.45, 7) is 6.27. The molecule has 0 saturated carbocycles. The van der Waals surface area contributed by atoms with Crippen LogP contribution in [0.3, 0.4) is 0 Å². The van der Waals surface area contributed by atoms with Gasteiger partial charge in [-0.3, -0.25) is 0 Å². The van der Waals surface area contributed by atoms with E-state index in [4.69, 9.17) is 23.2 Å². The van der Waals surface area contributed by atoms with E-state index in [9.17, 15) is 0 Å². The highest BCUT2D eigenvalue weighted by Crippen LogP contribution is 2.26. The lowest BCUT2D eigenvalue weighted by Crippen LogP contribution is -2.45. The van der Waals surface area contributed by atoms with Crippen molar-refractivity contribution in [1.29, 1.82) is 0 Å². The van der Waals surface area contributed by atoms with E-state index in [1.165, 1.54) is 0 Å². The summed E-state index contributed by atoms with van der Waals surface area (Å²) < 4.78 is 0. The molecule has 1 fully saturated rings. The zero-order valence-electron chi connectivity index (χ0n) is 11.3. The molecule has 0 radical (unpaired) electrons. The molecule has 1 aliphatic heterocycles. The van der Waals surface area contributed by atoms with E-state index in [2.05, 4.69) is 28.2 Å². The van der Waals surface area contributed by atoms with E-state index < -0.39 is 0 Å². The van der Waals surface area contributed by atoms with Crippen LogP contribution in [0.25, 0.3) is 0 Å². The van der Waals surface area contributed by atoms with Crippen molar-refractivity contribution in [2.75, 3.05) is 38.5 Å². The van der Waals surface area contributed by atoms with Crippen molar-refractivity contribution in [3.8, 4) is 0 Å². The minimum absolute atomic E-state index is 0.570. The van der Waals surface area contributed by atoms with Crippen LogP contribution < -0.4 is 5.32 Å². The van der Waals surface area contributed by atoms with E-state index in [0.29, 0.717) is 10.0 Å². The molecule has 104 valence electrons. The second kappa shape index (κ2) is 6.51. The molecule has 3 nitrogen and oxygen atoms in total. The summed E-state index contributed by atoms with van der Waals surface area (Å²) in [7, 11) is 2.15. The minimum Gasteiger partial charge on any atom is -0.356 e. The Morgan fingerprint density at radius 2 is 1.84 bits per heavy atom. The Labute approximate surface area is 124 Å². The molecule has 1 aliphatic rings. The number of benzene rings is 1. The van der Waals surface area contributed by atoms with Gasteiger partial charge in [-0.1, -0.05) is 23.2 Å². The van der Waals surface area contributed by atoms with E-state index in [0.717, 1.165) is 37.7 Å². The molecule has 1 aromatic carbocycles. The third-order valence-electron chi connectivity index (χ3n) is 3.31. The summed E-state index contributed by atoms with van der Waals surface area (Å²) in [5, 5.41) is 4.55. The molecule has 0 unspecified atom stereocenters. The third-order valence-corrected chi connectivity index (χ3v) is 4.05. The van der Waals surface area contributed by atoms with Crippen LogP contribution in [0.1, 0.15) is 6.92 Å². The Morgan fingerprint density at radius 3 is 2.42 bits per heavy atom. The van der Waals surface area contributed by atoms with Gasteiger partial charge in [0, 0.05) is 31.9 Å². The molecule has 0 aliphatic carbocycles. The predicted molar refractivity (Wildman–Crippen MR) is 82.9 cm³/mol. The molecular formula is C14H19Cl2N3. The van der Waals surface area contributed by atoms with Crippen molar-refractivity contribution >= 4 is 28.9 Å². The lowest BCUT2D eigenvalue weighted by Gasteiger charge is -2.35. The maximum atomic E-state index is 6.03. The van der Waals surface area contributed by atoms with Crippen LogP contribution in [0.15, 0.2) is 30.1 Å². The number of rotatable bonds is 3. The van der Waals surface area contributed by atoms with E-state index in [1.807, 2.05) is 25.1 Å². The largest absolute Gasteiger partial charge is 0.356 e. The number of nitrogens with zero attached hydrogens (tertiary/aromatic N) is 2. The molecule has 19 heavy (non-hydrogen) atoms. The number of hydrogen-bond acceptors (Lipinski definition) is 3. The monoisotopic (exact) mass is 299 g/mol. The summed E-state index contributed by atoms with van der Waals surface area (Å²) >= 11 is 12.0. The average molecular weight is 300 g/mol. The number of hydrogen-bond donors (Lipinski definition) is 1. The Balaban J connectivity index is 2.05. The first-order valence-electron chi connectivity index (χ1n) is 6.42. The van der Waals surface area contributed by atoms with Crippen LogP contribution in [-0.4, -0.2) is 43.0 Å². The van der Waals surface area contributed by atoms with Gasteiger partial charge in [0.15, 0.2) is 0 Å². The van der Waals surface area contributed by atoms with E-state index in [-0.39, 0.29) is 0 Å². The lowest BCUT2D eigenvalue weighted by molar-refractivity contribution is 0.187. The molecular weight excluding hydrogens is 281 g/mol. The summed E-state index contributed by atoms with van der Waals surface area (Å²) in [6, 6.07) is 5.60. The molecule has 0 amide bonds. The first kappa shape index (κ1) is 14.5. The number of nitrogens with one attached hydrogen (secondary N) is 1. The highest BCUT2D eigenvalue weighted by Gasteiger charge is 2.16. The highest BCUT2D eigenvalue weighted by atomic mass is 35.5. The minimum atomic E-state index is 0.570. The fraction of sp³-hybridized carbons (Fsp3) is 0.429. The van der Waals surface area contributed by atoms with Crippen LogP contribution in [0.5, 0.6) is 0 Å². The van der Waals surface area contributed by atoms with Crippen molar-refractivity contribution in [2.45, 2.75) is 6.92 Å². The van der Waals surface area contributed by atoms with Crippen LogP contribution in [-0.2, 0) is 0 Å². The molecule has 0 bridgehead atoms. The van der Waals surface area contributed by atoms with E-state index in [1.54, 1.807) is 0 Å². The number of likely N-dealkylation sites (N-methyl/N-ethyl adjacent to an activating group) is 1. The van der Waals surface area contributed by atoms with Crippen molar-refractivity contribution in [1.82, 2.24) is 9.80 Å². The lowest BCUT2D eigenvalue weighted by atomic mass is 10.3. The summed E-state index contributed by atoms with van der Waals surface area (Å²) in [5.41, 5.74) is 0.960. The Bertz CT molecular complexity index is 466. The highest BCUT2D eigenvalue weighted by molar-refractivity contribution is 6.42.